The smallest absolute Gasteiger partial charge is 0.300 e. The van der Waals surface area contributed by atoms with Gasteiger partial charge in [0, 0.05) is 15.0 Å². The van der Waals surface area contributed by atoms with E-state index in [4.69, 9.17) is 4.74 Å². The molecule has 170 valence electrons. The molecule has 0 spiro atoms. The zero-order chi connectivity index (χ0) is 23.9. The fourth-order valence-corrected chi connectivity index (χ4v) is 5.16. The van der Waals surface area contributed by atoms with Gasteiger partial charge < -0.3 is 9.84 Å². The number of carbonyl (C=O) groups excluding carboxylic acids is 2. The number of anilines is 1. The van der Waals surface area contributed by atoms with E-state index in [1.807, 2.05) is 35.7 Å². The van der Waals surface area contributed by atoms with E-state index in [1.54, 1.807) is 24.3 Å². The highest BCUT2D eigenvalue weighted by atomic mass is 79.9. The van der Waals surface area contributed by atoms with E-state index in [9.17, 15) is 14.7 Å². The second-order valence-corrected chi connectivity index (χ2v) is 10.7. The van der Waals surface area contributed by atoms with Gasteiger partial charge in [0.15, 0.2) is 0 Å². The number of ether oxygens (including phenoxy) is 1. The zero-order valence-corrected chi connectivity index (χ0v) is 21.2. The van der Waals surface area contributed by atoms with E-state index >= 15 is 0 Å². The summed E-state index contributed by atoms with van der Waals surface area (Å²) in [6.07, 6.45) is 0. The third-order valence-corrected chi connectivity index (χ3v) is 7.08. The molecule has 0 radical (unpaired) electrons. The Hall–Kier alpha value is -2.90. The van der Waals surface area contributed by atoms with E-state index in [1.165, 1.54) is 23.3 Å². The number of nitrogens with zero attached hydrogens (tertiary/aromatic N) is 1. The van der Waals surface area contributed by atoms with Crippen LogP contribution in [0, 0.1) is 0 Å². The molecule has 1 fully saturated rings. The van der Waals surface area contributed by atoms with Crippen molar-refractivity contribution in [2.75, 3.05) is 12.0 Å². The minimum atomic E-state index is -0.748. The van der Waals surface area contributed by atoms with Crippen LogP contribution in [0.25, 0.3) is 5.76 Å². The topological polar surface area (TPSA) is 66.8 Å². The lowest BCUT2D eigenvalue weighted by atomic mass is 9.85. The number of halogens is 1. The number of ketones is 1. The summed E-state index contributed by atoms with van der Waals surface area (Å²) in [5.74, 6) is -1.22. The van der Waals surface area contributed by atoms with Crippen molar-refractivity contribution >= 4 is 50.4 Å². The van der Waals surface area contributed by atoms with Crippen LogP contribution in [0.3, 0.4) is 0 Å². The summed E-state index contributed by atoms with van der Waals surface area (Å²) < 4.78 is 6.29. The molecule has 7 heteroatoms. The van der Waals surface area contributed by atoms with E-state index in [0.29, 0.717) is 17.0 Å². The number of methoxy groups -OCH3 is 1. The van der Waals surface area contributed by atoms with Crippen LogP contribution in [-0.4, -0.2) is 23.9 Å². The van der Waals surface area contributed by atoms with Crippen LogP contribution in [0.5, 0.6) is 5.75 Å². The van der Waals surface area contributed by atoms with Crippen molar-refractivity contribution in [2.24, 2.45) is 0 Å². The third kappa shape index (κ3) is 4.23. The van der Waals surface area contributed by atoms with Gasteiger partial charge in [0.1, 0.15) is 17.6 Å². The van der Waals surface area contributed by atoms with Crippen molar-refractivity contribution in [2.45, 2.75) is 32.2 Å². The maximum absolute atomic E-state index is 13.3. The number of thiophene rings is 1. The molecule has 0 bridgehead atoms. The van der Waals surface area contributed by atoms with Gasteiger partial charge in [-0.15, -0.1) is 11.3 Å². The highest BCUT2D eigenvalue weighted by molar-refractivity contribution is 9.10. The molecular formula is C26H24BrNO4S. The number of hydrogen-bond acceptors (Lipinski definition) is 5. The maximum Gasteiger partial charge on any atom is 0.300 e. The Morgan fingerprint density at radius 1 is 1.09 bits per heavy atom. The molecule has 33 heavy (non-hydrogen) atoms. The van der Waals surface area contributed by atoms with Crippen LogP contribution < -0.4 is 9.64 Å². The molecule has 0 saturated carbocycles. The molecule has 1 aliphatic rings. The summed E-state index contributed by atoms with van der Waals surface area (Å²) in [5, 5.41) is 13.4. The second-order valence-electron chi connectivity index (χ2n) is 8.83. The van der Waals surface area contributed by atoms with Crippen LogP contribution in [-0.2, 0) is 15.0 Å². The van der Waals surface area contributed by atoms with E-state index in [2.05, 4.69) is 36.7 Å². The molecule has 2 aromatic carbocycles. The number of aliphatic hydroxyl groups is 1. The molecule has 3 aromatic rings. The van der Waals surface area contributed by atoms with Gasteiger partial charge in [0.25, 0.3) is 11.7 Å². The van der Waals surface area contributed by atoms with E-state index in [-0.39, 0.29) is 16.7 Å². The van der Waals surface area contributed by atoms with Gasteiger partial charge in [-0.25, -0.2) is 0 Å². The molecule has 1 aromatic heterocycles. The van der Waals surface area contributed by atoms with Gasteiger partial charge >= 0.3 is 0 Å². The van der Waals surface area contributed by atoms with Crippen LogP contribution in [0.2, 0.25) is 0 Å². The number of Topliss-reactive ketones (excluding diaryl/α,β-unsaturated/α-hetero) is 1. The number of carbonyl (C=O) groups is 2. The first-order valence-corrected chi connectivity index (χ1v) is 12.1. The van der Waals surface area contributed by atoms with Gasteiger partial charge in [-0.1, -0.05) is 54.9 Å². The Kier molecular flexibility index (Phi) is 6.20. The van der Waals surface area contributed by atoms with Crippen molar-refractivity contribution in [1.29, 1.82) is 0 Å². The lowest BCUT2D eigenvalue weighted by Crippen LogP contribution is -2.29. The van der Waals surface area contributed by atoms with Gasteiger partial charge in [0.05, 0.1) is 18.2 Å². The van der Waals surface area contributed by atoms with Crippen molar-refractivity contribution < 1.29 is 19.4 Å². The highest BCUT2D eigenvalue weighted by Crippen LogP contribution is 2.45. The Morgan fingerprint density at radius 3 is 2.45 bits per heavy atom. The predicted molar refractivity (Wildman–Crippen MR) is 135 cm³/mol. The summed E-state index contributed by atoms with van der Waals surface area (Å²) in [5.41, 5.74) is 1.79. The SMILES string of the molecule is COc1ccc(C(C)(C)C)cc1/C(O)=C1\C(=O)C(=O)N(c2cccc(Br)c2)C1c1cccs1. The molecule has 1 saturated heterocycles. The number of amides is 1. The predicted octanol–water partition coefficient (Wildman–Crippen LogP) is 6.44. The molecule has 1 aliphatic heterocycles. The average molecular weight is 526 g/mol. The van der Waals surface area contributed by atoms with Crippen molar-refractivity contribution in [3.05, 3.63) is 86.0 Å². The normalized spacial score (nSPS) is 18.1. The Labute approximate surface area is 205 Å². The first-order valence-electron chi connectivity index (χ1n) is 10.4. The fraction of sp³-hybridized carbons (Fsp3) is 0.231. The summed E-state index contributed by atoms with van der Waals surface area (Å²) in [4.78, 5) is 28.8. The first kappa shape index (κ1) is 23.3. The van der Waals surface area contributed by atoms with Gasteiger partial charge in [-0.05, 0) is 52.8 Å². The Balaban J connectivity index is 1.97. The van der Waals surface area contributed by atoms with Crippen LogP contribution in [0.1, 0.15) is 42.8 Å². The van der Waals surface area contributed by atoms with Gasteiger partial charge in [-0.3, -0.25) is 14.5 Å². The lowest BCUT2D eigenvalue weighted by Gasteiger charge is -2.25. The maximum atomic E-state index is 13.3. The van der Waals surface area contributed by atoms with Crippen molar-refractivity contribution in [3.8, 4) is 5.75 Å². The highest BCUT2D eigenvalue weighted by Gasteiger charge is 2.47. The fourth-order valence-electron chi connectivity index (χ4n) is 3.95. The quantitative estimate of drug-likeness (QED) is 0.241. The van der Waals surface area contributed by atoms with Crippen molar-refractivity contribution in [1.82, 2.24) is 0 Å². The van der Waals surface area contributed by atoms with Crippen molar-refractivity contribution in [3.63, 3.8) is 0 Å². The van der Waals surface area contributed by atoms with E-state index < -0.39 is 17.7 Å². The molecule has 5 nitrogen and oxygen atoms in total. The minimum Gasteiger partial charge on any atom is -0.507 e. The van der Waals surface area contributed by atoms with Gasteiger partial charge in [-0.2, -0.15) is 0 Å². The average Bonchev–Trinajstić information content (AvgIpc) is 3.39. The summed E-state index contributed by atoms with van der Waals surface area (Å²) >= 11 is 4.87. The number of hydrogen-bond donors (Lipinski definition) is 1. The Morgan fingerprint density at radius 2 is 1.85 bits per heavy atom. The first-order chi connectivity index (χ1) is 15.6. The molecule has 2 heterocycles. The number of aliphatic hydroxyl groups excluding tert-OH is 1. The standard InChI is InChI=1S/C26H24BrNO4S/c1-26(2,3)15-10-11-19(32-4)18(13-15)23(29)21-22(20-9-6-12-33-20)28(25(31)24(21)30)17-8-5-7-16(27)14-17/h5-14,22,29H,1-4H3/b23-21+. The summed E-state index contributed by atoms with van der Waals surface area (Å²) in [7, 11) is 1.51. The molecule has 0 aliphatic carbocycles. The molecule has 1 N–H and O–H groups in total. The monoisotopic (exact) mass is 525 g/mol. The number of rotatable bonds is 4. The number of benzene rings is 2. The van der Waals surface area contributed by atoms with Crippen LogP contribution in [0.4, 0.5) is 5.69 Å². The lowest BCUT2D eigenvalue weighted by molar-refractivity contribution is -0.132. The summed E-state index contributed by atoms with van der Waals surface area (Å²) in [6, 6.07) is 15.7. The summed E-state index contributed by atoms with van der Waals surface area (Å²) in [6.45, 7) is 6.20. The molecular weight excluding hydrogens is 502 g/mol. The largest absolute Gasteiger partial charge is 0.507 e. The van der Waals surface area contributed by atoms with Gasteiger partial charge in [0.2, 0.25) is 0 Å². The Bertz CT molecular complexity index is 1260. The third-order valence-electron chi connectivity index (χ3n) is 5.66. The molecule has 1 unspecified atom stereocenters. The molecule has 1 amide bonds. The van der Waals surface area contributed by atoms with Crippen LogP contribution >= 0.6 is 27.3 Å². The minimum absolute atomic E-state index is 0.0479. The van der Waals surface area contributed by atoms with Crippen LogP contribution in [0.15, 0.2) is 70.0 Å². The van der Waals surface area contributed by atoms with E-state index in [0.717, 1.165) is 14.9 Å². The molecule has 4 rings (SSSR count). The second kappa shape index (κ2) is 8.80. The molecule has 1 atom stereocenters. The zero-order valence-electron chi connectivity index (χ0n) is 18.8.